The first kappa shape index (κ1) is 6.38. The van der Waals surface area contributed by atoms with Gasteiger partial charge < -0.3 is 5.11 Å². The van der Waals surface area contributed by atoms with Crippen LogP contribution in [0.5, 0.6) is 0 Å². The van der Waals surface area contributed by atoms with Crippen molar-refractivity contribution in [1.29, 1.82) is 0 Å². The molecule has 2 rings (SSSR count). The lowest BCUT2D eigenvalue weighted by molar-refractivity contribution is -0.0419. The van der Waals surface area contributed by atoms with Gasteiger partial charge in [-0.25, -0.2) is 0 Å². The van der Waals surface area contributed by atoms with Crippen molar-refractivity contribution in [2.75, 3.05) is 7.05 Å². The Bertz CT molecular complexity index is 178. The molecular formula is C8H13NO. The highest BCUT2D eigenvalue weighted by Crippen LogP contribution is 2.36. The molecule has 0 aromatic heterocycles. The molecule has 0 saturated carbocycles. The summed E-state index contributed by atoms with van der Waals surface area (Å²) in [4.78, 5) is 2.08. The van der Waals surface area contributed by atoms with Crippen molar-refractivity contribution < 1.29 is 5.11 Å². The fourth-order valence-corrected chi connectivity index (χ4v) is 1.96. The Hall–Kier alpha value is -0.340. The molecule has 0 amide bonds. The van der Waals surface area contributed by atoms with Gasteiger partial charge in [-0.05, 0) is 32.4 Å². The van der Waals surface area contributed by atoms with Gasteiger partial charge >= 0.3 is 0 Å². The van der Waals surface area contributed by atoms with E-state index in [9.17, 15) is 5.11 Å². The molecule has 0 radical (unpaired) electrons. The Labute approximate surface area is 61.1 Å². The summed E-state index contributed by atoms with van der Waals surface area (Å²) in [7, 11) is 2.00. The third-order valence-electron chi connectivity index (χ3n) is 2.80. The van der Waals surface area contributed by atoms with E-state index in [1.807, 2.05) is 13.1 Å². The molecule has 56 valence electrons. The van der Waals surface area contributed by atoms with Gasteiger partial charge in [-0.15, -0.1) is 0 Å². The molecule has 2 bridgehead atoms. The number of fused-ring (bicyclic) bond motifs is 2. The topological polar surface area (TPSA) is 23.5 Å². The van der Waals surface area contributed by atoms with Gasteiger partial charge in [0.05, 0.1) is 0 Å². The van der Waals surface area contributed by atoms with Crippen molar-refractivity contribution in [3.8, 4) is 0 Å². The van der Waals surface area contributed by atoms with Gasteiger partial charge in [0.15, 0.2) is 0 Å². The van der Waals surface area contributed by atoms with Crippen molar-refractivity contribution >= 4 is 0 Å². The molecule has 0 spiro atoms. The second kappa shape index (κ2) is 1.83. The van der Waals surface area contributed by atoms with Crippen LogP contribution in [-0.4, -0.2) is 28.8 Å². The van der Waals surface area contributed by atoms with Gasteiger partial charge in [0, 0.05) is 6.04 Å². The van der Waals surface area contributed by atoms with Crippen molar-refractivity contribution in [2.45, 2.75) is 31.0 Å². The standard InChI is InChI=1S/C8H13NO/c1-9-7-3-2-5-8(9,10)6-4-7/h2,5,7,10H,3-4,6H2,1H3. The van der Waals surface area contributed by atoms with Crippen LogP contribution >= 0.6 is 0 Å². The Morgan fingerprint density at radius 1 is 1.70 bits per heavy atom. The molecule has 0 aromatic carbocycles. The van der Waals surface area contributed by atoms with Crippen LogP contribution in [0.1, 0.15) is 19.3 Å². The number of nitrogens with zero attached hydrogens (tertiary/aromatic N) is 1. The third-order valence-corrected chi connectivity index (χ3v) is 2.80. The van der Waals surface area contributed by atoms with Crippen LogP contribution in [0.3, 0.4) is 0 Å². The molecule has 2 unspecified atom stereocenters. The monoisotopic (exact) mass is 139 g/mol. The SMILES string of the molecule is CN1C2CC=CC1(O)CC2. The smallest absolute Gasteiger partial charge is 0.137 e. The normalized spacial score (nSPS) is 46.4. The Morgan fingerprint density at radius 2 is 2.50 bits per heavy atom. The second-order valence-electron chi connectivity index (χ2n) is 3.32. The summed E-state index contributed by atoms with van der Waals surface area (Å²) in [5.74, 6) is 0. The molecular weight excluding hydrogens is 126 g/mol. The quantitative estimate of drug-likeness (QED) is 0.500. The van der Waals surface area contributed by atoms with Gasteiger partial charge in [0.2, 0.25) is 0 Å². The molecule has 10 heavy (non-hydrogen) atoms. The highest BCUT2D eigenvalue weighted by molar-refractivity contribution is 5.11. The summed E-state index contributed by atoms with van der Waals surface area (Å²) in [6, 6.07) is 0.593. The fraction of sp³-hybridized carbons (Fsp3) is 0.750. The minimum Gasteiger partial charge on any atom is -0.372 e. The summed E-state index contributed by atoms with van der Waals surface area (Å²) >= 11 is 0. The number of likely N-dealkylation sites (N-methyl/N-ethyl adjacent to an activating group) is 1. The number of hydrogen-bond acceptors (Lipinski definition) is 2. The first-order valence-electron chi connectivity index (χ1n) is 3.85. The fourth-order valence-electron chi connectivity index (χ4n) is 1.96. The molecule has 2 aliphatic rings. The van der Waals surface area contributed by atoms with Crippen LogP contribution in [0.4, 0.5) is 0 Å². The maximum atomic E-state index is 9.83. The van der Waals surface area contributed by atoms with E-state index in [0.717, 1.165) is 19.3 Å². The van der Waals surface area contributed by atoms with Crippen molar-refractivity contribution in [3.63, 3.8) is 0 Å². The predicted molar refractivity (Wildman–Crippen MR) is 39.5 cm³/mol. The molecule has 2 aliphatic heterocycles. The van der Waals surface area contributed by atoms with Crippen LogP contribution in [-0.2, 0) is 0 Å². The number of rotatable bonds is 0. The zero-order valence-corrected chi connectivity index (χ0v) is 6.25. The van der Waals surface area contributed by atoms with E-state index in [1.165, 1.54) is 0 Å². The number of aliphatic hydroxyl groups is 1. The highest BCUT2D eigenvalue weighted by Gasteiger charge is 2.42. The van der Waals surface area contributed by atoms with Crippen LogP contribution < -0.4 is 0 Å². The van der Waals surface area contributed by atoms with Gasteiger partial charge in [-0.3, -0.25) is 4.90 Å². The minimum absolute atomic E-state index is 0.593. The Balaban J connectivity index is 2.33. The van der Waals surface area contributed by atoms with E-state index in [-0.39, 0.29) is 0 Å². The lowest BCUT2D eigenvalue weighted by atomic mass is 10.1. The molecule has 2 atom stereocenters. The lowest BCUT2D eigenvalue weighted by Gasteiger charge is -2.33. The van der Waals surface area contributed by atoms with Crippen molar-refractivity contribution in [2.24, 2.45) is 0 Å². The molecule has 0 aromatic rings. The molecule has 1 fully saturated rings. The summed E-state index contributed by atoms with van der Waals surface area (Å²) < 4.78 is 0. The van der Waals surface area contributed by atoms with Crippen molar-refractivity contribution in [1.82, 2.24) is 4.90 Å². The van der Waals surface area contributed by atoms with Crippen LogP contribution in [0, 0.1) is 0 Å². The first-order chi connectivity index (χ1) is 4.72. The predicted octanol–water partition coefficient (Wildman–Crippen LogP) is 0.729. The van der Waals surface area contributed by atoms with E-state index in [1.54, 1.807) is 0 Å². The van der Waals surface area contributed by atoms with Gasteiger partial charge in [-0.1, -0.05) is 6.08 Å². The average Bonchev–Trinajstić information content (AvgIpc) is 2.18. The van der Waals surface area contributed by atoms with E-state index in [4.69, 9.17) is 0 Å². The molecule has 1 saturated heterocycles. The Morgan fingerprint density at radius 3 is 3.10 bits per heavy atom. The van der Waals surface area contributed by atoms with Crippen LogP contribution in [0.25, 0.3) is 0 Å². The van der Waals surface area contributed by atoms with E-state index in [0.29, 0.717) is 6.04 Å². The van der Waals surface area contributed by atoms with Crippen LogP contribution in [0.15, 0.2) is 12.2 Å². The van der Waals surface area contributed by atoms with Gasteiger partial charge in [0.25, 0.3) is 0 Å². The second-order valence-corrected chi connectivity index (χ2v) is 3.32. The molecule has 0 aliphatic carbocycles. The minimum atomic E-state index is -0.594. The molecule has 2 nitrogen and oxygen atoms in total. The largest absolute Gasteiger partial charge is 0.372 e. The van der Waals surface area contributed by atoms with E-state index < -0.39 is 5.72 Å². The van der Waals surface area contributed by atoms with Gasteiger partial charge in [-0.2, -0.15) is 0 Å². The highest BCUT2D eigenvalue weighted by atomic mass is 16.3. The average molecular weight is 139 g/mol. The van der Waals surface area contributed by atoms with Crippen molar-refractivity contribution in [3.05, 3.63) is 12.2 Å². The maximum absolute atomic E-state index is 9.83. The summed E-state index contributed by atoms with van der Waals surface area (Å²) in [5, 5.41) is 9.83. The molecule has 2 heteroatoms. The first-order valence-corrected chi connectivity index (χ1v) is 3.85. The van der Waals surface area contributed by atoms with E-state index >= 15 is 0 Å². The maximum Gasteiger partial charge on any atom is 0.137 e. The summed E-state index contributed by atoms with van der Waals surface area (Å²) in [6.07, 6.45) is 7.18. The molecule has 1 N–H and O–H groups in total. The Kier molecular flexibility index (Phi) is 1.17. The zero-order chi connectivity index (χ0) is 7.19. The molecule has 2 heterocycles. The lowest BCUT2D eigenvalue weighted by Crippen LogP contribution is -2.44. The third kappa shape index (κ3) is 0.662. The van der Waals surface area contributed by atoms with Gasteiger partial charge in [0.1, 0.15) is 5.72 Å². The van der Waals surface area contributed by atoms with E-state index in [2.05, 4.69) is 11.0 Å². The number of hydrogen-bond donors (Lipinski definition) is 1. The summed E-state index contributed by atoms with van der Waals surface area (Å²) in [5.41, 5.74) is -0.594. The zero-order valence-electron chi connectivity index (χ0n) is 6.25. The summed E-state index contributed by atoms with van der Waals surface area (Å²) in [6.45, 7) is 0. The van der Waals surface area contributed by atoms with Crippen LogP contribution in [0.2, 0.25) is 0 Å².